The molecule has 0 N–H and O–H groups in total. The first-order valence-corrected chi connectivity index (χ1v) is 10.6. The van der Waals surface area contributed by atoms with Crippen LogP contribution in [0.15, 0.2) is 68.1 Å². The van der Waals surface area contributed by atoms with Crippen LogP contribution in [0.2, 0.25) is 0 Å². The summed E-state index contributed by atoms with van der Waals surface area (Å²) in [5.41, 5.74) is 0. The normalized spacial score (nSPS) is 16.4. The Labute approximate surface area is 137 Å². The number of rotatable bonds is 0. The van der Waals surface area contributed by atoms with Crippen LogP contribution in [0, 0.1) is 0 Å². The number of thioether (sulfide) groups is 4. The quantitative estimate of drug-likeness (QED) is 0.598. The average molecular weight is 337 g/mol. The molecule has 0 fully saturated rings. The molecule has 0 atom stereocenters. The predicted molar refractivity (Wildman–Crippen MR) is 95.8 cm³/mol. The maximum atomic E-state index is 2.25. The number of hydrogen-bond acceptors (Lipinski definition) is 4. The van der Waals surface area contributed by atoms with Crippen LogP contribution in [0.3, 0.4) is 0 Å². The van der Waals surface area contributed by atoms with Crippen LogP contribution >= 0.6 is 47.0 Å². The van der Waals surface area contributed by atoms with Crippen molar-refractivity contribution in [2.45, 2.75) is 19.6 Å². The fourth-order valence-corrected chi connectivity index (χ4v) is 6.44. The summed E-state index contributed by atoms with van der Waals surface area (Å²) in [6, 6.07) is 17.6. The Morgan fingerprint density at radius 1 is 0.450 bits per heavy atom. The molecule has 1 aliphatic rings. The largest absolute Gasteiger partial charge is 0.124 e. The smallest absolute Gasteiger partial charge is 0.0208 e. The number of benzene rings is 2. The van der Waals surface area contributed by atoms with Crippen molar-refractivity contribution in [2.24, 2.45) is 0 Å². The Morgan fingerprint density at radius 2 is 0.700 bits per heavy atom. The minimum Gasteiger partial charge on any atom is -0.124 e. The van der Waals surface area contributed by atoms with Crippen LogP contribution in [-0.4, -0.2) is 23.0 Å². The maximum absolute atomic E-state index is 2.25. The Morgan fingerprint density at radius 3 is 0.950 bits per heavy atom. The van der Waals surface area contributed by atoms with Crippen molar-refractivity contribution in [3.8, 4) is 0 Å². The van der Waals surface area contributed by atoms with Gasteiger partial charge < -0.3 is 0 Å². The van der Waals surface area contributed by atoms with Crippen molar-refractivity contribution in [3.63, 3.8) is 0 Å². The third-order valence-corrected chi connectivity index (χ3v) is 7.97. The van der Waals surface area contributed by atoms with Gasteiger partial charge in [-0.25, -0.2) is 0 Å². The van der Waals surface area contributed by atoms with Crippen LogP contribution in [0.1, 0.15) is 0 Å². The highest BCUT2D eigenvalue weighted by Gasteiger charge is 2.08. The Bertz CT molecular complexity index is 466. The van der Waals surface area contributed by atoms with E-state index in [-0.39, 0.29) is 0 Å². The summed E-state index contributed by atoms with van der Waals surface area (Å²) in [7, 11) is 0. The minimum atomic E-state index is 1.17. The van der Waals surface area contributed by atoms with Crippen molar-refractivity contribution in [3.05, 3.63) is 48.5 Å². The highest BCUT2D eigenvalue weighted by molar-refractivity contribution is 8.06. The molecule has 0 radical (unpaired) electrons. The Hall–Kier alpha value is -0.160. The lowest BCUT2D eigenvalue weighted by Gasteiger charge is -2.12. The van der Waals surface area contributed by atoms with Gasteiger partial charge >= 0.3 is 0 Å². The van der Waals surface area contributed by atoms with Gasteiger partial charge in [0.1, 0.15) is 0 Å². The Kier molecular flexibility index (Phi) is 5.71. The summed E-state index contributed by atoms with van der Waals surface area (Å²) >= 11 is 7.95. The summed E-state index contributed by atoms with van der Waals surface area (Å²) < 4.78 is 0. The molecule has 4 heteroatoms. The summed E-state index contributed by atoms with van der Waals surface area (Å²) in [6.07, 6.45) is 0. The molecule has 104 valence electrons. The molecule has 1 heterocycles. The summed E-state index contributed by atoms with van der Waals surface area (Å²) in [5.74, 6) is 4.67. The monoisotopic (exact) mass is 336 g/mol. The van der Waals surface area contributed by atoms with Crippen LogP contribution < -0.4 is 0 Å². The number of fused-ring (bicyclic) bond motifs is 2. The molecule has 1 aliphatic heterocycles. The first-order valence-electron chi connectivity index (χ1n) is 6.63. The molecule has 3 rings (SSSR count). The van der Waals surface area contributed by atoms with Crippen LogP contribution in [0.5, 0.6) is 0 Å². The molecule has 2 aromatic rings. The van der Waals surface area contributed by atoms with Gasteiger partial charge in [0, 0.05) is 42.6 Å². The zero-order valence-corrected chi connectivity index (χ0v) is 14.3. The fraction of sp³-hybridized carbons (Fsp3) is 0.250. The van der Waals surface area contributed by atoms with E-state index in [4.69, 9.17) is 0 Å². The van der Waals surface area contributed by atoms with Gasteiger partial charge in [-0.05, 0) is 24.3 Å². The first kappa shape index (κ1) is 14.8. The molecular formula is C16H16S4. The fourth-order valence-electron chi connectivity index (χ4n) is 1.98. The molecule has 0 amide bonds. The van der Waals surface area contributed by atoms with Crippen LogP contribution in [0.25, 0.3) is 0 Å². The van der Waals surface area contributed by atoms with Crippen LogP contribution in [-0.2, 0) is 0 Å². The zero-order valence-electron chi connectivity index (χ0n) is 11.1. The molecule has 0 aromatic heterocycles. The van der Waals surface area contributed by atoms with E-state index in [1.807, 2.05) is 47.0 Å². The zero-order chi connectivity index (χ0) is 13.6. The summed E-state index contributed by atoms with van der Waals surface area (Å²) in [6.45, 7) is 0. The second kappa shape index (κ2) is 7.74. The molecule has 0 saturated carbocycles. The topological polar surface area (TPSA) is 0 Å². The standard InChI is InChI=1S/C16H16S4/c1-2-6-14-13(5-1)17-9-10-19-15-7-3-4-8-16(15)20-12-11-18-14/h1-8H,9-12H2. The van der Waals surface area contributed by atoms with Gasteiger partial charge in [-0.3, -0.25) is 0 Å². The van der Waals surface area contributed by atoms with E-state index in [9.17, 15) is 0 Å². The lowest BCUT2D eigenvalue weighted by atomic mass is 10.4. The highest BCUT2D eigenvalue weighted by atomic mass is 32.2. The minimum absolute atomic E-state index is 1.17. The van der Waals surface area contributed by atoms with Gasteiger partial charge in [0.15, 0.2) is 0 Å². The molecule has 0 aliphatic carbocycles. The van der Waals surface area contributed by atoms with Gasteiger partial charge in [-0.1, -0.05) is 24.3 Å². The third kappa shape index (κ3) is 3.94. The molecular weight excluding hydrogens is 320 g/mol. The van der Waals surface area contributed by atoms with E-state index < -0.39 is 0 Å². The van der Waals surface area contributed by atoms with Crippen molar-refractivity contribution in [2.75, 3.05) is 23.0 Å². The van der Waals surface area contributed by atoms with Gasteiger partial charge in [0.25, 0.3) is 0 Å². The van der Waals surface area contributed by atoms with E-state index in [0.717, 1.165) is 0 Å². The maximum Gasteiger partial charge on any atom is 0.0208 e. The average Bonchev–Trinajstić information content (AvgIpc) is 2.49. The third-order valence-electron chi connectivity index (χ3n) is 2.90. The van der Waals surface area contributed by atoms with Crippen LogP contribution in [0.4, 0.5) is 0 Å². The van der Waals surface area contributed by atoms with E-state index in [1.165, 1.54) is 42.6 Å². The van der Waals surface area contributed by atoms with Gasteiger partial charge in [0.05, 0.1) is 0 Å². The van der Waals surface area contributed by atoms with Gasteiger partial charge in [0.2, 0.25) is 0 Å². The summed E-state index contributed by atoms with van der Waals surface area (Å²) in [5, 5.41) is 0. The molecule has 0 spiro atoms. The number of hydrogen-bond donors (Lipinski definition) is 0. The van der Waals surface area contributed by atoms with Gasteiger partial charge in [-0.15, -0.1) is 47.0 Å². The van der Waals surface area contributed by atoms with Crippen molar-refractivity contribution < 1.29 is 0 Å². The lowest BCUT2D eigenvalue weighted by Crippen LogP contribution is -1.92. The second-order valence-corrected chi connectivity index (χ2v) is 8.83. The molecule has 20 heavy (non-hydrogen) atoms. The summed E-state index contributed by atoms with van der Waals surface area (Å²) in [4.78, 5) is 5.77. The van der Waals surface area contributed by atoms with E-state index in [0.29, 0.717) is 0 Å². The van der Waals surface area contributed by atoms with Crippen molar-refractivity contribution in [1.82, 2.24) is 0 Å². The lowest BCUT2D eigenvalue weighted by molar-refractivity contribution is 1.22. The molecule has 0 saturated heterocycles. The van der Waals surface area contributed by atoms with Gasteiger partial charge in [-0.2, -0.15) is 0 Å². The molecule has 0 bridgehead atoms. The molecule has 2 aromatic carbocycles. The van der Waals surface area contributed by atoms with Crippen molar-refractivity contribution >= 4 is 47.0 Å². The SMILES string of the molecule is c1ccc2c(c1)SCCSc1ccccc1SCCS2. The second-order valence-electron chi connectivity index (χ2n) is 4.29. The van der Waals surface area contributed by atoms with Crippen molar-refractivity contribution in [1.29, 1.82) is 0 Å². The van der Waals surface area contributed by atoms with E-state index in [2.05, 4.69) is 48.5 Å². The first-order chi connectivity index (χ1) is 9.93. The molecule has 0 unspecified atom stereocenters. The highest BCUT2D eigenvalue weighted by Crippen LogP contribution is 2.36. The van der Waals surface area contributed by atoms with E-state index in [1.54, 1.807) is 0 Å². The van der Waals surface area contributed by atoms with E-state index >= 15 is 0 Å². The Balaban J connectivity index is 1.75. The predicted octanol–water partition coefficient (Wildman–Crippen LogP) is 5.77. The molecule has 0 nitrogen and oxygen atoms in total.